The summed E-state index contributed by atoms with van der Waals surface area (Å²) in [5.41, 5.74) is 0.982. The Balaban J connectivity index is 1.59. The molecule has 1 aromatic carbocycles. The molecule has 2 heterocycles. The minimum absolute atomic E-state index is 0.00717. The Bertz CT molecular complexity index is 763. The van der Waals surface area contributed by atoms with Crippen LogP contribution in [0.5, 0.6) is 0 Å². The number of fused-ring (bicyclic) bond motifs is 1. The molecule has 0 radical (unpaired) electrons. The van der Waals surface area contributed by atoms with Crippen LogP contribution in [0.1, 0.15) is 12.7 Å². The third-order valence-electron chi connectivity index (χ3n) is 3.26. The van der Waals surface area contributed by atoms with Crippen LogP contribution in [0.25, 0.3) is 10.2 Å². The van der Waals surface area contributed by atoms with Crippen molar-refractivity contribution >= 4 is 39.2 Å². The second kappa shape index (κ2) is 6.50. The van der Waals surface area contributed by atoms with Gasteiger partial charge < -0.3 is 9.88 Å². The average Bonchev–Trinajstić information content (AvgIpc) is 3.10. The van der Waals surface area contributed by atoms with Gasteiger partial charge in [0.2, 0.25) is 5.91 Å². The van der Waals surface area contributed by atoms with Crippen molar-refractivity contribution < 1.29 is 4.79 Å². The number of para-hydroxylation sites is 1. The van der Waals surface area contributed by atoms with Crippen molar-refractivity contribution in [1.29, 1.82) is 0 Å². The Labute approximate surface area is 136 Å². The van der Waals surface area contributed by atoms with Crippen molar-refractivity contribution in [2.24, 2.45) is 7.05 Å². The van der Waals surface area contributed by atoms with Gasteiger partial charge in [0.25, 0.3) is 0 Å². The highest BCUT2D eigenvalue weighted by Gasteiger charge is 2.17. The fraction of sp³-hybridized carbons (Fsp3) is 0.267. The third-order valence-corrected chi connectivity index (χ3v) is 5.49. The van der Waals surface area contributed by atoms with Crippen LogP contribution in [0.15, 0.2) is 41.0 Å². The molecule has 7 heteroatoms. The fourth-order valence-electron chi connectivity index (χ4n) is 1.98. The van der Waals surface area contributed by atoms with Gasteiger partial charge in [0, 0.05) is 19.4 Å². The second-order valence-electron chi connectivity index (χ2n) is 4.88. The molecule has 2 aromatic heterocycles. The van der Waals surface area contributed by atoms with Crippen LogP contribution in [0.4, 0.5) is 0 Å². The lowest BCUT2D eigenvalue weighted by Crippen LogP contribution is -2.31. The van der Waals surface area contributed by atoms with E-state index >= 15 is 0 Å². The molecule has 1 atom stereocenters. The van der Waals surface area contributed by atoms with Gasteiger partial charge in [-0.2, -0.15) is 0 Å². The predicted octanol–water partition coefficient (Wildman–Crippen LogP) is 2.83. The Morgan fingerprint density at radius 3 is 3.00 bits per heavy atom. The van der Waals surface area contributed by atoms with Crippen LogP contribution >= 0.6 is 23.1 Å². The first-order chi connectivity index (χ1) is 10.6. The van der Waals surface area contributed by atoms with Crippen molar-refractivity contribution in [3.63, 3.8) is 0 Å². The minimum Gasteiger partial charge on any atom is -0.348 e. The maximum atomic E-state index is 12.2. The van der Waals surface area contributed by atoms with Crippen LogP contribution in [-0.4, -0.2) is 25.7 Å². The lowest BCUT2D eigenvalue weighted by Gasteiger charge is -2.10. The molecule has 22 heavy (non-hydrogen) atoms. The summed E-state index contributed by atoms with van der Waals surface area (Å²) in [6.45, 7) is 2.33. The molecule has 0 saturated heterocycles. The van der Waals surface area contributed by atoms with E-state index in [-0.39, 0.29) is 11.2 Å². The number of thioether (sulfide) groups is 1. The lowest BCUT2D eigenvalue weighted by atomic mass is 10.3. The number of hydrogen-bond acceptors (Lipinski definition) is 5. The SMILES string of the molecule is C[C@@H](Sc1nc2ccccc2s1)C(=O)NCc1nccn1C. The molecule has 0 aliphatic carbocycles. The van der Waals surface area contributed by atoms with E-state index in [0.717, 1.165) is 20.4 Å². The van der Waals surface area contributed by atoms with Gasteiger partial charge >= 0.3 is 0 Å². The van der Waals surface area contributed by atoms with Crippen molar-refractivity contribution in [2.75, 3.05) is 0 Å². The van der Waals surface area contributed by atoms with Gasteiger partial charge in [-0.3, -0.25) is 4.79 Å². The number of thiazole rings is 1. The molecule has 0 fully saturated rings. The van der Waals surface area contributed by atoms with E-state index in [1.807, 2.05) is 49.0 Å². The molecular formula is C15H16N4OS2. The lowest BCUT2D eigenvalue weighted by molar-refractivity contribution is -0.120. The maximum absolute atomic E-state index is 12.2. The molecule has 0 bridgehead atoms. The van der Waals surface area contributed by atoms with E-state index in [9.17, 15) is 4.79 Å². The van der Waals surface area contributed by atoms with Crippen LogP contribution in [0, 0.1) is 0 Å². The molecular weight excluding hydrogens is 316 g/mol. The standard InChI is InChI=1S/C15H16N4OS2/c1-10(14(20)17-9-13-16-7-8-19(13)2)21-15-18-11-5-3-4-6-12(11)22-15/h3-8,10H,9H2,1-2H3,(H,17,20)/t10-/m1/s1. The van der Waals surface area contributed by atoms with Crippen LogP contribution < -0.4 is 5.32 Å². The normalized spacial score (nSPS) is 12.5. The average molecular weight is 332 g/mol. The number of nitrogens with one attached hydrogen (secondary N) is 1. The first-order valence-electron chi connectivity index (χ1n) is 6.89. The number of aromatic nitrogens is 3. The van der Waals surface area contributed by atoms with E-state index in [4.69, 9.17) is 0 Å². The highest BCUT2D eigenvalue weighted by Crippen LogP contribution is 2.31. The van der Waals surface area contributed by atoms with Gasteiger partial charge in [0.1, 0.15) is 5.82 Å². The number of carbonyl (C=O) groups excluding carboxylic acids is 1. The number of nitrogens with zero attached hydrogens (tertiary/aromatic N) is 3. The Hall–Kier alpha value is -1.86. The first kappa shape index (κ1) is 15.1. The van der Waals surface area contributed by atoms with Gasteiger partial charge in [-0.15, -0.1) is 11.3 Å². The third kappa shape index (κ3) is 3.31. The monoisotopic (exact) mass is 332 g/mol. The van der Waals surface area contributed by atoms with E-state index in [0.29, 0.717) is 6.54 Å². The number of imidazole rings is 1. The summed E-state index contributed by atoms with van der Waals surface area (Å²) < 4.78 is 3.96. The van der Waals surface area contributed by atoms with Crippen molar-refractivity contribution in [3.05, 3.63) is 42.5 Å². The smallest absolute Gasteiger partial charge is 0.233 e. The molecule has 0 aliphatic heterocycles. The summed E-state index contributed by atoms with van der Waals surface area (Å²) >= 11 is 3.10. The number of rotatable bonds is 5. The molecule has 1 amide bonds. The fourth-order valence-corrected chi connectivity index (χ4v) is 4.22. The molecule has 1 N–H and O–H groups in total. The molecule has 114 valence electrons. The van der Waals surface area contributed by atoms with E-state index < -0.39 is 0 Å². The van der Waals surface area contributed by atoms with Gasteiger partial charge in [-0.1, -0.05) is 23.9 Å². The number of aryl methyl sites for hydroxylation is 1. The summed E-state index contributed by atoms with van der Waals surface area (Å²) in [4.78, 5) is 20.9. The van der Waals surface area contributed by atoms with Gasteiger partial charge in [-0.05, 0) is 19.1 Å². The molecule has 0 spiro atoms. The number of benzene rings is 1. The number of amides is 1. The summed E-state index contributed by atoms with van der Waals surface area (Å²) in [5.74, 6) is 0.831. The van der Waals surface area contributed by atoms with Crippen LogP contribution in [0.2, 0.25) is 0 Å². The molecule has 3 rings (SSSR count). The van der Waals surface area contributed by atoms with E-state index in [1.54, 1.807) is 17.5 Å². The second-order valence-corrected chi connectivity index (χ2v) is 7.50. The molecule has 3 aromatic rings. The highest BCUT2D eigenvalue weighted by molar-refractivity contribution is 8.02. The number of carbonyl (C=O) groups is 1. The molecule has 0 unspecified atom stereocenters. The topological polar surface area (TPSA) is 59.8 Å². The molecule has 0 aliphatic rings. The minimum atomic E-state index is -0.194. The Kier molecular flexibility index (Phi) is 4.44. The van der Waals surface area contributed by atoms with Crippen LogP contribution in [-0.2, 0) is 18.4 Å². The zero-order chi connectivity index (χ0) is 15.5. The summed E-state index contributed by atoms with van der Waals surface area (Å²) in [5, 5.41) is 2.72. The van der Waals surface area contributed by atoms with Gasteiger partial charge in [-0.25, -0.2) is 9.97 Å². The number of hydrogen-bond donors (Lipinski definition) is 1. The predicted molar refractivity (Wildman–Crippen MR) is 90.0 cm³/mol. The highest BCUT2D eigenvalue weighted by atomic mass is 32.2. The van der Waals surface area contributed by atoms with Crippen molar-refractivity contribution in [2.45, 2.75) is 23.1 Å². The first-order valence-corrected chi connectivity index (χ1v) is 8.59. The molecule has 0 saturated carbocycles. The Morgan fingerprint density at radius 1 is 1.45 bits per heavy atom. The van der Waals surface area contributed by atoms with Gasteiger partial charge in [0.15, 0.2) is 4.34 Å². The van der Waals surface area contributed by atoms with Crippen molar-refractivity contribution in [1.82, 2.24) is 19.9 Å². The summed E-state index contributed by atoms with van der Waals surface area (Å²) in [6.07, 6.45) is 3.58. The van der Waals surface area contributed by atoms with E-state index in [2.05, 4.69) is 15.3 Å². The largest absolute Gasteiger partial charge is 0.348 e. The Morgan fingerprint density at radius 2 is 2.27 bits per heavy atom. The zero-order valence-electron chi connectivity index (χ0n) is 12.3. The quantitative estimate of drug-likeness (QED) is 0.730. The van der Waals surface area contributed by atoms with E-state index in [1.165, 1.54) is 11.8 Å². The zero-order valence-corrected chi connectivity index (χ0v) is 13.9. The van der Waals surface area contributed by atoms with Crippen LogP contribution in [0.3, 0.4) is 0 Å². The van der Waals surface area contributed by atoms with Crippen molar-refractivity contribution in [3.8, 4) is 0 Å². The maximum Gasteiger partial charge on any atom is 0.233 e. The summed E-state index contributed by atoms with van der Waals surface area (Å²) in [6, 6.07) is 8.00. The molecule has 5 nitrogen and oxygen atoms in total. The van der Waals surface area contributed by atoms with Gasteiger partial charge in [0.05, 0.1) is 22.0 Å². The summed E-state index contributed by atoms with van der Waals surface area (Å²) in [7, 11) is 1.91.